The molecule has 0 amide bonds. The van der Waals surface area contributed by atoms with Crippen LogP contribution in [0.25, 0.3) is 17.0 Å². The molecular formula is C24H20N2O5. The van der Waals surface area contributed by atoms with E-state index in [4.69, 9.17) is 13.9 Å². The van der Waals surface area contributed by atoms with Gasteiger partial charge in [0.25, 0.3) is 0 Å². The lowest BCUT2D eigenvalue weighted by Gasteiger charge is -2.07. The number of hydrogen-bond donors (Lipinski definition) is 0. The highest BCUT2D eigenvalue weighted by atomic mass is 16.5. The second-order valence-electron chi connectivity index (χ2n) is 6.85. The van der Waals surface area contributed by atoms with Crippen LogP contribution in [0.1, 0.15) is 16.7 Å². The highest BCUT2D eigenvalue weighted by Crippen LogP contribution is 2.23. The van der Waals surface area contributed by atoms with Crippen LogP contribution in [0.4, 0.5) is 0 Å². The third-order valence-electron chi connectivity index (χ3n) is 4.66. The van der Waals surface area contributed by atoms with Gasteiger partial charge in [-0.1, -0.05) is 30.3 Å². The Labute approximate surface area is 178 Å². The Morgan fingerprint density at radius 3 is 2.81 bits per heavy atom. The first-order valence-corrected chi connectivity index (χ1v) is 9.63. The largest absolute Gasteiger partial charge is 0.497 e. The Balaban J connectivity index is 1.39. The molecule has 0 N–H and O–H groups in total. The van der Waals surface area contributed by atoms with Crippen LogP contribution in [0.3, 0.4) is 0 Å². The van der Waals surface area contributed by atoms with Gasteiger partial charge in [0.2, 0.25) is 0 Å². The zero-order valence-electron chi connectivity index (χ0n) is 16.9. The van der Waals surface area contributed by atoms with Gasteiger partial charge in [-0.3, -0.25) is 4.68 Å². The van der Waals surface area contributed by atoms with Crippen molar-refractivity contribution in [3.63, 3.8) is 0 Å². The van der Waals surface area contributed by atoms with Crippen molar-refractivity contribution >= 4 is 23.0 Å². The average Bonchev–Trinajstić information content (AvgIpc) is 3.23. The van der Waals surface area contributed by atoms with Gasteiger partial charge in [-0.2, -0.15) is 5.10 Å². The van der Waals surface area contributed by atoms with Gasteiger partial charge in [-0.25, -0.2) is 9.59 Å². The Bertz CT molecular complexity index is 1290. The van der Waals surface area contributed by atoms with Crippen LogP contribution < -0.4 is 10.4 Å². The number of fused-ring (bicyclic) bond motifs is 1. The highest BCUT2D eigenvalue weighted by Gasteiger charge is 2.09. The Morgan fingerprint density at radius 1 is 1.16 bits per heavy atom. The van der Waals surface area contributed by atoms with E-state index in [2.05, 4.69) is 5.10 Å². The normalized spacial score (nSPS) is 11.1. The molecule has 31 heavy (non-hydrogen) atoms. The maximum Gasteiger partial charge on any atom is 0.336 e. The number of methoxy groups -OCH3 is 1. The summed E-state index contributed by atoms with van der Waals surface area (Å²) >= 11 is 0. The molecule has 2 aromatic carbocycles. The third kappa shape index (κ3) is 5.08. The molecule has 0 spiro atoms. The van der Waals surface area contributed by atoms with Crippen molar-refractivity contribution < 1.29 is 18.7 Å². The fourth-order valence-corrected chi connectivity index (χ4v) is 3.14. The van der Waals surface area contributed by atoms with E-state index in [9.17, 15) is 9.59 Å². The van der Waals surface area contributed by atoms with Crippen LogP contribution in [0.15, 0.2) is 82.3 Å². The average molecular weight is 416 g/mol. The Hall–Kier alpha value is -4.13. The van der Waals surface area contributed by atoms with E-state index in [1.807, 2.05) is 36.5 Å². The Kier molecular flexibility index (Phi) is 5.93. The fourth-order valence-electron chi connectivity index (χ4n) is 3.14. The summed E-state index contributed by atoms with van der Waals surface area (Å²) in [7, 11) is 1.53. The zero-order valence-corrected chi connectivity index (χ0v) is 16.9. The molecule has 0 bridgehead atoms. The van der Waals surface area contributed by atoms with Crippen molar-refractivity contribution in [1.29, 1.82) is 0 Å². The van der Waals surface area contributed by atoms with Crippen molar-refractivity contribution in [1.82, 2.24) is 9.78 Å². The molecule has 156 valence electrons. The van der Waals surface area contributed by atoms with Crippen LogP contribution in [0.5, 0.6) is 5.75 Å². The number of esters is 1. The topological polar surface area (TPSA) is 83.6 Å². The second-order valence-corrected chi connectivity index (χ2v) is 6.85. The molecular weight excluding hydrogens is 396 g/mol. The van der Waals surface area contributed by atoms with Gasteiger partial charge in [0.1, 0.15) is 17.9 Å². The van der Waals surface area contributed by atoms with Crippen LogP contribution in [0, 0.1) is 0 Å². The smallest absolute Gasteiger partial charge is 0.336 e. The number of ether oxygens (including phenoxy) is 2. The SMILES string of the molecule is COc1ccc2c(COC(=O)/C=C/c3cnn(Cc4ccccc4)c3)cc(=O)oc2c1. The summed E-state index contributed by atoms with van der Waals surface area (Å²) in [6.45, 7) is 0.596. The van der Waals surface area contributed by atoms with Crippen molar-refractivity contribution in [2.75, 3.05) is 7.11 Å². The second kappa shape index (κ2) is 9.13. The minimum atomic E-state index is -0.522. The van der Waals surface area contributed by atoms with E-state index < -0.39 is 11.6 Å². The van der Waals surface area contributed by atoms with Crippen molar-refractivity contribution in [2.45, 2.75) is 13.2 Å². The molecule has 7 nitrogen and oxygen atoms in total. The summed E-state index contributed by atoms with van der Waals surface area (Å²) in [6.07, 6.45) is 6.50. The molecule has 7 heteroatoms. The van der Waals surface area contributed by atoms with Gasteiger partial charge >= 0.3 is 11.6 Å². The monoisotopic (exact) mass is 416 g/mol. The molecule has 4 aromatic rings. The fraction of sp³-hybridized carbons (Fsp3) is 0.125. The molecule has 2 heterocycles. The third-order valence-corrected chi connectivity index (χ3v) is 4.66. The molecule has 0 fully saturated rings. The van der Waals surface area contributed by atoms with Crippen LogP contribution >= 0.6 is 0 Å². The predicted octanol–water partition coefficient (Wildman–Crippen LogP) is 3.80. The molecule has 0 aliphatic heterocycles. The number of benzene rings is 2. The summed E-state index contributed by atoms with van der Waals surface area (Å²) in [5.74, 6) is 0.0475. The maximum absolute atomic E-state index is 12.2. The van der Waals surface area contributed by atoms with Crippen LogP contribution in [-0.4, -0.2) is 22.9 Å². The van der Waals surface area contributed by atoms with Crippen molar-refractivity contribution in [3.05, 3.63) is 100 Å². The van der Waals surface area contributed by atoms with Gasteiger partial charge in [-0.15, -0.1) is 0 Å². The van der Waals surface area contributed by atoms with Crippen LogP contribution in [0.2, 0.25) is 0 Å². The number of carbonyl (C=O) groups is 1. The zero-order chi connectivity index (χ0) is 21.6. The van der Waals surface area contributed by atoms with Crippen molar-refractivity contribution in [2.24, 2.45) is 0 Å². The quantitative estimate of drug-likeness (QED) is 0.259. The molecule has 2 aromatic heterocycles. The summed E-state index contributed by atoms with van der Waals surface area (Å²) in [4.78, 5) is 24.0. The molecule has 0 atom stereocenters. The van der Waals surface area contributed by atoms with E-state index in [1.165, 1.54) is 19.3 Å². The molecule has 0 aliphatic carbocycles. The number of carbonyl (C=O) groups excluding carboxylic acids is 1. The molecule has 0 radical (unpaired) electrons. The first-order chi connectivity index (χ1) is 15.1. The summed E-state index contributed by atoms with van der Waals surface area (Å²) in [5.41, 5.74) is 2.34. The number of aromatic nitrogens is 2. The lowest BCUT2D eigenvalue weighted by molar-refractivity contribution is -0.138. The van der Waals surface area contributed by atoms with Gasteiger partial charge in [-0.05, 0) is 23.8 Å². The predicted molar refractivity (Wildman–Crippen MR) is 116 cm³/mol. The number of nitrogens with zero attached hydrogens (tertiary/aromatic N) is 2. The van der Waals surface area contributed by atoms with Gasteiger partial charge in [0.15, 0.2) is 0 Å². The van der Waals surface area contributed by atoms with E-state index >= 15 is 0 Å². The van der Waals surface area contributed by atoms with E-state index in [0.717, 1.165) is 11.1 Å². The summed E-state index contributed by atoms with van der Waals surface area (Å²) in [5, 5.41) is 4.98. The molecule has 4 rings (SSSR count). The lowest BCUT2D eigenvalue weighted by Crippen LogP contribution is -2.05. The van der Waals surface area contributed by atoms with E-state index in [0.29, 0.717) is 28.8 Å². The van der Waals surface area contributed by atoms with Gasteiger partial charge < -0.3 is 13.9 Å². The molecule has 0 saturated heterocycles. The lowest BCUT2D eigenvalue weighted by atomic mass is 10.1. The number of hydrogen-bond acceptors (Lipinski definition) is 6. The summed E-state index contributed by atoms with van der Waals surface area (Å²) < 4.78 is 17.5. The highest BCUT2D eigenvalue weighted by molar-refractivity contribution is 5.87. The minimum Gasteiger partial charge on any atom is -0.497 e. The Morgan fingerprint density at radius 2 is 2.00 bits per heavy atom. The minimum absolute atomic E-state index is 0.0507. The molecule has 0 unspecified atom stereocenters. The van der Waals surface area contributed by atoms with E-state index in [1.54, 1.807) is 35.2 Å². The van der Waals surface area contributed by atoms with Crippen LogP contribution in [-0.2, 0) is 22.7 Å². The maximum atomic E-state index is 12.2. The first-order valence-electron chi connectivity index (χ1n) is 9.63. The molecule has 0 aliphatic rings. The van der Waals surface area contributed by atoms with E-state index in [-0.39, 0.29) is 6.61 Å². The van der Waals surface area contributed by atoms with Gasteiger partial charge in [0.05, 0.1) is 19.9 Å². The van der Waals surface area contributed by atoms with Gasteiger partial charge in [0, 0.05) is 40.9 Å². The first kappa shape index (κ1) is 20.2. The molecule has 0 saturated carbocycles. The summed E-state index contributed by atoms with van der Waals surface area (Å²) in [6, 6.07) is 16.4. The van der Waals surface area contributed by atoms with Crippen molar-refractivity contribution in [3.8, 4) is 5.75 Å². The number of rotatable bonds is 7. The standard InChI is InChI=1S/C24H20N2O5/c1-29-20-8-9-21-19(11-24(28)31-22(21)12-20)16-30-23(27)10-7-18-13-25-26(15-18)14-17-5-3-2-4-6-17/h2-13,15H,14,16H2,1H3/b10-7+.